The van der Waals surface area contributed by atoms with Gasteiger partial charge in [0, 0.05) is 17.8 Å². The van der Waals surface area contributed by atoms with E-state index in [4.69, 9.17) is 0 Å². The average Bonchev–Trinajstić information content (AvgIpc) is 2.88. The second kappa shape index (κ2) is 6.41. The fourth-order valence-electron chi connectivity index (χ4n) is 2.37. The molecule has 3 heterocycles. The highest BCUT2D eigenvalue weighted by atomic mass is 16.6. The van der Waals surface area contributed by atoms with Crippen molar-refractivity contribution in [1.82, 2.24) is 19.7 Å². The molecule has 0 fully saturated rings. The van der Waals surface area contributed by atoms with E-state index >= 15 is 0 Å². The lowest BCUT2D eigenvalue weighted by Crippen LogP contribution is -2.01. The molecule has 0 aliphatic heterocycles. The first-order valence-corrected chi connectivity index (χ1v) is 7.32. The first-order chi connectivity index (χ1) is 11.6. The Morgan fingerprint density at radius 1 is 1.12 bits per heavy atom. The summed E-state index contributed by atoms with van der Waals surface area (Å²) >= 11 is 0. The van der Waals surface area contributed by atoms with Gasteiger partial charge in [-0.15, -0.1) is 0 Å². The number of aryl methyl sites for hydroxylation is 1. The van der Waals surface area contributed by atoms with E-state index < -0.39 is 4.92 Å². The number of nitro groups is 1. The van der Waals surface area contributed by atoms with Crippen molar-refractivity contribution in [3.8, 4) is 5.82 Å². The summed E-state index contributed by atoms with van der Waals surface area (Å²) in [5.74, 6) is 0.756. The van der Waals surface area contributed by atoms with Gasteiger partial charge < -0.3 is 0 Å². The van der Waals surface area contributed by atoms with Crippen molar-refractivity contribution in [2.45, 2.75) is 13.8 Å². The van der Waals surface area contributed by atoms with Gasteiger partial charge in [0.2, 0.25) is 0 Å². The van der Waals surface area contributed by atoms with Crippen LogP contribution in [0.3, 0.4) is 0 Å². The topological polar surface area (TPSA) is 86.7 Å². The van der Waals surface area contributed by atoms with Crippen LogP contribution in [0.15, 0.2) is 42.7 Å². The molecule has 0 saturated heterocycles. The van der Waals surface area contributed by atoms with Gasteiger partial charge in [0.1, 0.15) is 6.20 Å². The molecule has 0 radical (unpaired) electrons. The summed E-state index contributed by atoms with van der Waals surface area (Å²) in [4.78, 5) is 18.6. The van der Waals surface area contributed by atoms with Crippen LogP contribution in [0.2, 0.25) is 0 Å². The predicted octanol–water partition coefficient (Wildman–Crippen LogP) is 3.36. The minimum atomic E-state index is -0.467. The summed E-state index contributed by atoms with van der Waals surface area (Å²) < 4.78 is 1.79. The molecule has 0 amide bonds. The third kappa shape index (κ3) is 3.05. The Morgan fingerprint density at radius 2 is 1.96 bits per heavy atom. The summed E-state index contributed by atoms with van der Waals surface area (Å²) in [5, 5.41) is 15.2. The highest BCUT2D eigenvalue weighted by Gasteiger charge is 2.11. The molecule has 0 N–H and O–H groups in total. The molecule has 7 nitrogen and oxygen atoms in total. The molecule has 3 rings (SSSR count). The Hall–Kier alpha value is -3.35. The number of pyridine rings is 2. The first-order valence-electron chi connectivity index (χ1n) is 7.32. The molecular weight excluding hydrogens is 306 g/mol. The molecule has 0 unspecified atom stereocenters. The maximum absolute atomic E-state index is 10.6. The van der Waals surface area contributed by atoms with Crippen molar-refractivity contribution in [2.75, 3.05) is 0 Å². The molecular formula is C17H15N5O2. The fourth-order valence-corrected chi connectivity index (χ4v) is 2.37. The van der Waals surface area contributed by atoms with Crippen LogP contribution in [0.4, 0.5) is 5.69 Å². The van der Waals surface area contributed by atoms with Gasteiger partial charge in [0.05, 0.1) is 22.0 Å². The Kier molecular flexibility index (Phi) is 4.15. The first kappa shape index (κ1) is 15.5. The minimum absolute atomic E-state index is 0.0255. The van der Waals surface area contributed by atoms with Crippen molar-refractivity contribution >= 4 is 17.8 Å². The Labute approximate surface area is 138 Å². The van der Waals surface area contributed by atoms with Gasteiger partial charge in [0.15, 0.2) is 5.82 Å². The van der Waals surface area contributed by atoms with Gasteiger partial charge >= 0.3 is 0 Å². The van der Waals surface area contributed by atoms with Crippen LogP contribution in [0.25, 0.3) is 18.0 Å². The summed E-state index contributed by atoms with van der Waals surface area (Å²) in [6.07, 6.45) is 6.69. The van der Waals surface area contributed by atoms with E-state index in [1.54, 1.807) is 16.9 Å². The molecule has 0 aromatic carbocycles. The van der Waals surface area contributed by atoms with Gasteiger partial charge in [-0.3, -0.25) is 10.1 Å². The van der Waals surface area contributed by atoms with Crippen LogP contribution in [0, 0.1) is 24.0 Å². The van der Waals surface area contributed by atoms with Crippen LogP contribution < -0.4 is 0 Å². The van der Waals surface area contributed by atoms with Crippen LogP contribution >= 0.6 is 0 Å². The zero-order chi connectivity index (χ0) is 17.1. The average molecular weight is 321 g/mol. The zero-order valence-electron chi connectivity index (χ0n) is 13.2. The molecule has 3 aromatic heterocycles. The molecule has 0 aliphatic carbocycles. The monoisotopic (exact) mass is 321 g/mol. The molecule has 120 valence electrons. The molecule has 7 heteroatoms. The standard InChI is InChI=1S/C17H15N5O2/c1-12-16(9-7-14-6-8-15(11-19-14)22(23)24)13(2)21(20-12)17-5-3-4-10-18-17/h3-11H,1-2H3. The highest BCUT2D eigenvalue weighted by Crippen LogP contribution is 2.19. The van der Waals surface area contributed by atoms with E-state index in [9.17, 15) is 10.1 Å². The van der Waals surface area contributed by atoms with E-state index in [0.717, 1.165) is 22.8 Å². The van der Waals surface area contributed by atoms with Gasteiger partial charge in [0.25, 0.3) is 5.69 Å². The van der Waals surface area contributed by atoms with Crippen LogP contribution in [-0.2, 0) is 0 Å². The Bertz CT molecular complexity index is 899. The smallest absolute Gasteiger partial charge is 0.258 e. The van der Waals surface area contributed by atoms with Gasteiger partial charge in [-0.25, -0.2) is 14.6 Å². The normalized spacial score (nSPS) is 11.1. The minimum Gasteiger partial charge on any atom is -0.258 e. The number of nitrogens with zero attached hydrogens (tertiary/aromatic N) is 5. The quantitative estimate of drug-likeness (QED) is 0.543. The third-order valence-corrected chi connectivity index (χ3v) is 3.62. The van der Waals surface area contributed by atoms with E-state index in [-0.39, 0.29) is 5.69 Å². The number of aromatic nitrogens is 4. The van der Waals surface area contributed by atoms with Crippen molar-refractivity contribution in [2.24, 2.45) is 0 Å². The summed E-state index contributed by atoms with van der Waals surface area (Å²) in [6.45, 7) is 3.90. The summed E-state index contributed by atoms with van der Waals surface area (Å²) in [6, 6.07) is 8.71. The van der Waals surface area contributed by atoms with E-state index in [0.29, 0.717) is 5.69 Å². The van der Waals surface area contributed by atoms with Crippen molar-refractivity contribution < 1.29 is 4.92 Å². The molecule has 0 aliphatic rings. The molecule has 3 aromatic rings. The fraction of sp³-hybridized carbons (Fsp3) is 0.118. The summed E-state index contributed by atoms with van der Waals surface area (Å²) in [5.41, 5.74) is 3.42. The molecule has 0 atom stereocenters. The number of rotatable bonds is 4. The Balaban J connectivity index is 1.90. The Morgan fingerprint density at radius 3 is 2.58 bits per heavy atom. The maximum atomic E-state index is 10.6. The van der Waals surface area contributed by atoms with Gasteiger partial charge in [-0.1, -0.05) is 6.07 Å². The largest absolute Gasteiger partial charge is 0.287 e. The number of hydrogen-bond acceptors (Lipinski definition) is 5. The maximum Gasteiger partial charge on any atom is 0.287 e. The predicted molar refractivity (Wildman–Crippen MR) is 90.7 cm³/mol. The van der Waals surface area contributed by atoms with Gasteiger partial charge in [-0.05, 0) is 44.2 Å². The SMILES string of the molecule is Cc1nn(-c2ccccn2)c(C)c1C=Cc1ccc([N+](=O)[O-])cn1. The zero-order valence-corrected chi connectivity index (χ0v) is 13.2. The number of hydrogen-bond donors (Lipinski definition) is 0. The van der Waals surface area contributed by atoms with E-state index in [2.05, 4.69) is 15.1 Å². The van der Waals surface area contributed by atoms with Crippen molar-refractivity contribution in [1.29, 1.82) is 0 Å². The van der Waals surface area contributed by atoms with Gasteiger partial charge in [-0.2, -0.15) is 5.10 Å². The molecule has 24 heavy (non-hydrogen) atoms. The van der Waals surface area contributed by atoms with E-state index in [1.807, 2.05) is 44.2 Å². The van der Waals surface area contributed by atoms with E-state index in [1.165, 1.54) is 12.3 Å². The molecule has 0 bridgehead atoms. The highest BCUT2D eigenvalue weighted by molar-refractivity contribution is 5.70. The second-order valence-electron chi connectivity index (χ2n) is 5.22. The lowest BCUT2D eigenvalue weighted by Gasteiger charge is -2.02. The molecule has 0 spiro atoms. The lowest BCUT2D eigenvalue weighted by molar-refractivity contribution is -0.385. The van der Waals surface area contributed by atoms with Crippen LogP contribution in [0.5, 0.6) is 0 Å². The van der Waals surface area contributed by atoms with Crippen LogP contribution in [-0.4, -0.2) is 24.7 Å². The van der Waals surface area contributed by atoms with Crippen molar-refractivity contribution in [3.05, 3.63) is 75.5 Å². The van der Waals surface area contributed by atoms with Crippen molar-refractivity contribution in [3.63, 3.8) is 0 Å². The third-order valence-electron chi connectivity index (χ3n) is 3.62. The lowest BCUT2D eigenvalue weighted by atomic mass is 10.1. The molecule has 0 saturated carbocycles. The second-order valence-corrected chi connectivity index (χ2v) is 5.22. The van der Waals surface area contributed by atoms with Crippen LogP contribution in [0.1, 0.15) is 22.6 Å². The summed E-state index contributed by atoms with van der Waals surface area (Å²) in [7, 11) is 0.